The van der Waals surface area contributed by atoms with Crippen LogP contribution >= 0.6 is 11.6 Å². The largest absolute Gasteiger partial charge is 0.384 e. The van der Waals surface area contributed by atoms with Gasteiger partial charge in [0.25, 0.3) is 0 Å². The summed E-state index contributed by atoms with van der Waals surface area (Å²) >= 11 is 5.96. The fourth-order valence-electron chi connectivity index (χ4n) is 2.56. The van der Waals surface area contributed by atoms with Crippen molar-refractivity contribution < 1.29 is 4.74 Å². The maximum atomic E-state index is 5.96. The number of hydrogen-bond acceptors (Lipinski definition) is 3. The molecular formula is C15H23ClN2O. The number of nitrogens with one attached hydrogen (secondary N) is 1. The minimum atomic E-state index is 0.375. The second-order valence-electron chi connectivity index (χ2n) is 5.28. The second-order valence-corrected chi connectivity index (χ2v) is 5.71. The highest BCUT2D eigenvalue weighted by Crippen LogP contribution is 2.19. The topological polar surface area (TPSA) is 24.5 Å². The molecule has 0 aliphatic carbocycles. The molecule has 3 nitrogen and oxygen atoms in total. The van der Waals surface area contributed by atoms with Crippen LogP contribution in [-0.2, 0) is 4.74 Å². The summed E-state index contributed by atoms with van der Waals surface area (Å²) in [6.45, 7) is 6.45. The maximum absolute atomic E-state index is 5.96. The van der Waals surface area contributed by atoms with E-state index >= 15 is 0 Å². The van der Waals surface area contributed by atoms with E-state index in [9.17, 15) is 0 Å². The van der Waals surface area contributed by atoms with Gasteiger partial charge in [-0.05, 0) is 37.1 Å². The molecule has 4 heteroatoms. The van der Waals surface area contributed by atoms with Gasteiger partial charge in [-0.15, -0.1) is 0 Å². The Kier molecular flexibility index (Phi) is 5.49. The van der Waals surface area contributed by atoms with E-state index in [4.69, 9.17) is 16.3 Å². The van der Waals surface area contributed by atoms with Gasteiger partial charge in [0, 0.05) is 37.5 Å². The average molecular weight is 283 g/mol. The molecule has 0 spiro atoms. The lowest BCUT2D eigenvalue weighted by Gasteiger charge is -2.36. The number of methoxy groups -OCH3 is 1. The number of hydrogen-bond donors (Lipinski definition) is 1. The summed E-state index contributed by atoms with van der Waals surface area (Å²) in [6.07, 6.45) is 1.59. The first-order valence-electron chi connectivity index (χ1n) is 6.93. The predicted molar refractivity (Wildman–Crippen MR) is 81.0 cm³/mol. The molecule has 1 aliphatic heterocycles. The van der Waals surface area contributed by atoms with E-state index in [2.05, 4.69) is 17.1 Å². The Balaban J connectivity index is 1.74. The molecule has 1 saturated heterocycles. The first kappa shape index (κ1) is 14.6. The molecule has 1 aliphatic rings. The molecule has 1 heterocycles. The van der Waals surface area contributed by atoms with E-state index < -0.39 is 0 Å². The quantitative estimate of drug-likeness (QED) is 0.898. The highest BCUT2D eigenvalue weighted by atomic mass is 35.5. The van der Waals surface area contributed by atoms with Crippen LogP contribution < -0.4 is 5.32 Å². The molecule has 1 fully saturated rings. The van der Waals surface area contributed by atoms with Crippen LogP contribution in [0.2, 0.25) is 5.02 Å². The van der Waals surface area contributed by atoms with Crippen molar-refractivity contribution in [3.05, 3.63) is 29.3 Å². The zero-order chi connectivity index (χ0) is 13.7. The van der Waals surface area contributed by atoms with Crippen molar-refractivity contribution in [3.8, 4) is 0 Å². The van der Waals surface area contributed by atoms with E-state index in [0.29, 0.717) is 12.0 Å². The van der Waals surface area contributed by atoms with Crippen molar-refractivity contribution in [2.24, 2.45) is 5.92 Å². The Morgan fingerprint density at radius 1 is 1.47 bits per heavy atom. The molecule has 2 unspecified atom stereocenters. The third-order valence-corrected chi connectivity index (χ3v) is 4.09. The van der Waals surface area contributed by atoms with Crippen molar-refractivity contribution in [2.45, 2.75) is 19.4 Å². The van der Waals surface area contributed by atoms with Gasteiger partial charge in [0.15, 0.2) is 0 Å². The van der Waals surface area contributed by atoms with Gasteiger partial charge in [-0.1, -0.05) is 24.6 Å². The van der Waals surface area contributed by atoms with Gasteiger partial charge in [-0.2, -0.15) is 0 Å². The highest BCUT2D eigenvalue weighted by Gasteiger charge is 2.25. The molecule has 2 rings (SSSR count). The van der Waals surface area contributed by atoms with E-state index in [1.807, 2.05) is 31.4 Å². The second kappa shape index (κ2) is 7.13. The summed E-state index contributed by atoms with van der Waals surface area (Å²) < 4.78 is 5.53. The summed E-state index contributed by atoms with van der Waals surface area (Å²) in [6, 6.07) is 7.86. The van der Waals surface area contributed by atoms with Crippen molar-refractivity contribution in [1.29, 1.82) is 0 Å². The van der Waals surface area contributed by atoms with Gasteiger partial charge in [0.2, 0.25) is 0 Å². The van der Waals surface area contributed by atoms with Crippen molar-refractivity contribution in [1.82, 2.24) is 4.90 Å². The number of benzene rings is 1. The molecule has 1 aromatic carbocycles. The number of likely N-dealkylation sites (tertiary alicyclic amines) is 1. The Hall–Kier alpha value is -0.770. The lowest BCUT2D eigenvalue weighted by atomic mass is 9.96. The molecule has 0 radical (unpaired) electrons. The smallest absolute Gasteiger partial charge is 0.0724 e. The number of piperidine rings is 1. The van der Waals surface area contributed by atoms with Gasteiger partial charge in [0.1, 0.15) is 0 Å². The first-order chi connectivity index (χ1) is 9.19. The maximum Gasteiger partial charge on any atom is 0.0724 e. The van der Waals surface area contributed by atoms with Crippen LogP contribution in [0.25, 0.3) is 0 Å². The van der Waals surface area contributed by atoms with E-state index in [1.165, 1.54) is 6.42 Å². The highest BCUT2D eigenvalue weighted by molar-refractivity contribution is 6.30. The third kappa shape index (κ3) is 4.37. The molecule has 106 valence electrons. The normalized spacial score (nSPS) is 24.4. The van der Waals surface area contributed by atoms with E-state index in [1.54, 1.807) is 0 Å². The number of nitrogens with zero attached hydrogens (tertiary/aromatic N) is 1. The van der Waals surface area contributed by atoms with Gasteiger partial charge < -0.3 is 10.1 Å². The molecule has 19 heavy (non-hydrogen) atoms. The SMILES string of the molecule is COC1CN(CCNc2cccc(Cl)c2)CCC1C. The Morgan fingerprint density at radius 3 is 3.05 bits per heavy atom. The lowest BCUT2D eigenvalue weighted by Crippen LogP contribution is -2.45. The Bertz CT molecular complexity index is 399. The molecule has 1 aromatic rings. The fourth-order valence-corrected chi connectivity index (χ4v) is 2.75. The number of anilines is 1. The van der Waals surface area contributed by atoms with Gasteiger partial charge in [-0.3, -0.25) is 4.90 Å². The number of rotatable bonds is 5. The van der Waals surface area contributed by atoms with Crippen molar-refractivity contribution in [2.75, 3.05) is 38.6 Å². The van der Waals surface area contributed by atoms with Gasteiger partial charge >= 0.3 is 0 Å². The lowest BCUT2D eigenvalue weighted by molar-refractivity contribution is -0.00357. The molecule has 1 N–H and O–H groups in total. The molecule has 0 amide bonds. The van der Waals surface area contributed by atoms with E-state index in [-0.39, 0.29) is 0 Å². The standard InChI is InChI=1S/C15H23ClN2O/c1-12-6-8-18(11-15(12)19-2)9-7-17-14-5-3-4-13(16)10-14/h3-5,10,12,15,17H,6-9,11H2,1-2H3. The zero-order valence-electron chi connectivity index (χ0n) is 11.7. The summed E-state index contributed by atoms with van der Waals surface area (Å²) in [5.41, 5.74) is 1.08. The van der Waals surface area contributed by atoms with Crippen LogP contribution in [0.15, 0.2) is 24.3 Å². The molecule has 0 bridgehead atoms. The predicted octanol–water partition coefficient (Wildman–Crippen LogP) is 3.11. The minimum absolute atomic E-state index is 0.375. The average Bonchev–Trinajstić information content (AvgIpc) is 2.41. The van der Waals surface area contributed by atoms with Crippen LogP contribution in [0.3, 0.4) is 0 Å². The molecule has 2 atom stereocenters. The fraction of sp³-hybridized carbons (Fsp3) is 0.600. The first-order valence-corrected chi connectivity index (χ1v) is 7.31. The third-order valence-electron chi connectivity index (χ3n) is 3.86. The van der Waals surface area contributed by atoms with Crippen LogP contribution in [0.1, 0.15) is 13.3 Å². The zero-order valence-corrected chi connectivity index (χ0v) is 12.5. The van der Waals surface area contributed by atoms with Gasteiger partial charge in [-0.25, -0.2) is 0 Å². The van der Waals surface area contributed by atoms with E-state index in [0.717, 1.165) is 36.9 Å². The summed E-state index contributed by atoms with van der Waals surface area (Å²) in [5, 5.41) is 4.18. The summed E-state index contributed by atoms with van der Waals surface area (Å²) in [4.78, 5) is 2.46. The summed E-state index contributed by atoms with van der Waals surface area (Å²) in [5.74, 6) is 0.669. The van der Waals surface area contributed by atoms with Crippen LogP contribution in [0.4, 0.5) is 5.69 Å². The van der Waals surface area contributed by atoms with Crippen LogP contribution in [0, 0.1) is 5.92 Å². The van der Waals surface area contributed by atoms with Crippen LogP contribution in [-0.4, -0.2) is 44.3 Å². The Labute approximate surface area is 120 Å². The van der Waals surface area contributed by atoms with Crippen LogP contribution in [0.5, 0.6) is 0 Å². The van der Waals surface area contributed by atoms with Crippen molar-refractivity contribution >= 4 is 17.3 Å². The van der Waals surface area contributed by atoms with Crippen molar-refractivity contribution in [3.63, 3.8) is 0 Å². The summed E-state index contributed by atoms with van der Waals surface area (Å²) in [7, 11) is 1.81. The number of ether oxygens (including phenoxy) is 1. The monoisotopic (exact) mass is 282 g/mol. The van der Waals surface area contributed by atoms with Gasteiger partial charge in [0.05, 0.1) is 6.10 Å². The molecule has 0 aromatic heterocycles. The molecular weight excluding hydrogens is 260 g/mol. The molecule has 0 saturated carbocycles. The number of halogens is 1. The minimum Gasteiger partial charge on any atom is -0.384 e. The Morgan fingerprint density at radius 2 is 2.32 bits per heavy atom.